The maximum atomic E-state index is 13.7. The van der Waals surface area contributed by atoms with Gasteiger partial charge in [-0.15, -0.1) is 10.2 Å². The molecule has 3 rings (SSSR count). The summed E-state index contributed by atoms with van der Waals surface area (Å²) in [5.41, 5.74) is 0.669. The second-order valence-electron chi connectivity index (χ2n) is 8.15. The van der Waals surface area contributed by atoms with E-state index in [0.717, 1.165) is 36.7 Å². The largest absolute Gasteiger partial charge is 0.376 e. The van der Waals surface area contributed by atoms with Crippen LogP contribution in [0.15, 0.2) is 29.3 Å². The van der Waals surface area contributed by atoms with Crippen molar-refractivity contribution >= 4 is 5.96 Å². The molecule has 1 fully saturated rings. The Morgan fingerprint density at radius 2 is 2.17 bits per heavy atom. The number of nitrogens with one attached hydrogen (secondary N) is 2. The Labute approximate surface area is 171 Å². The van der Waals surface area contributed by atoms with E-state index in [-0.39, 0.29) is 17.3 Å². The summed E-state index contributed by atoms with van der Waals surface area (Å²) >= 11 is 0. The molecule has 158 valence electrons. The molecule has 2 aromatic rings. The summed E-state index contributed by atoms with van der Waals surface area (Å²) in [6, 6.07) is 6.74. The average molecular weight is 403 g/mol. The van der Waals surface area contributed by atoms with Gasteiger partial charge in [-0.25, -0.2) is 9.38 Å². The van der Waals surface area contributed by atoms with Gasteiger partial charge >= 0.3 is 0 Å². The highest BCUT2D eigenvalue weighted by atomic mass is 19.1. The van der Waals surface area contributed by atoms with Gasteiger partial charge in [0.1, 0.15) is 18.2 Å². The summed E-state index contributed by atoms with van der Waals surface area (Å²) < 4.78 is 21.3. The predicted molar refractivity (Wildman–Crippen MR) is 111 cm³/mol. The highest BCUT2D eigenvalue weighted by Crippen LogP contribution is 2.22. The Bertz CT molecular complexity index is 841. The van der Waals surface area contributed by atoms with E-state index in [4.69, 9.17) is 4.74 Å². The summed E-state index contributed by atoms with van der Waals surface area (Å²) in [6.45, 7) is 8.61. The van der Waals surface area contributed by atoms with Gasteiger partial charge in [0.05, 0.1) is 6.10 Å². The molecule has 0 spiro atoms. The molecule has 2 heterocycles. The Hall–Kier alpha value is -2.48. The summed E-state index contributed by atoms with van der Waals surface area (Å²) in [4.78, 5) is 4.68. The molecule has 0 bridgehead atoms. The highest BCUT2D eigenvalue weighted by Gasteiger charge is 2.22. The maximum absolute atomic E-state index is 13.7. The van der Waals surface area contributed by atoms with Crippen LogP contribution in [0.25, 0.3) is 0 Å². The zero-order valence-electron chi connectivity index (χ0n) is 17.7. The summed E-state index contributed by atoms with van der Waals surface area (Å²) in [7, 11) is 1.93. The predicted octanol–water partition coefficient (Wildman–Crippen LogP) is 2.45. The second kappa shape index (κ2) is 9.35. The molecule has 0 radical (unpaired) electrons. The SMILES string of the molecule is Cc1nnc(CN=C(NCC2CCCO2)NCC(C)(C)c2cccc(F)c2)n1C. The van der Waals surface area contributed by atoms with E-state index < -0.39 is 0 Å². The Kier molecular flexibility index (Phi) is 6.84. The minimum atomic E-state index is -0.268. The van der Waals surface area contributed by atoms with Crippen molar-refractivity contribution in [2.24, 2.45) is 12.0 Å². The normalized spacial score (nSPS) is 17.6. The van der Waals surface area contributed by atoms with Crippen LogP contribution in [0.5, 0.6) is 0 Å². The quantitative estimate of drug-likeness (QED) is 0.550. The first kappa shape index (κ1) is 21.2. The van der Waals surface area contributed by atoms with Gasteiger partial charge < -0.3 is 19.9 Å². The van der Waals surface area contributed by atoms with E-state index in [1.165, 1.54) is 6.07 Å². The molecule has 1 aromatic heterocycles. The molecule has 0 amide bonds. The molecule has 7 nitrogen and oxygen atoms in total. The lowest BCUT2D eigenvalue weighted by Crippen LogP contribution is -2.45. The molecule has 0 aliphatic carbocycles. The van der Waals surface area contributed by atoms with E-state index in [9.17, 15) is 4.39 Å². The van der Waals surface area contributed by atoms with Crippen molar-refractivity contribution in [2.45, 2.75) is 51.7 Å². The van der Waals surface area contributed by atoms with Gasteiger partial charge in [0.2, 0.25) is 0 Å². The molecule has 1 saturated heterocycles. The maximum Gasteiger partial charge on any atom is 0.191 e. The van der Waals surface area contributed by atoms with Gasteiger partial charge in [-0.05, 0) is 37.5 Å². The van der Waals surface area contributed by atoms with E-state index in [1.54, 1.807) is 12.1 Å². The summed E-state index contributed by atoms with van der Waals surface area (Å²) in [5.74, 6) is 2.11. The Morgan fingerprint density at radius 1 is 1.34 bits per heavy atom. The first-order valence-corrected chi connectivity index (χ1v) is 10.1. The molecule has 0 saturated carbocycles. The number of halogens is 1. The van der Waals surface area contributed by atoms with Crippen molar-refractivity contribution in [1.29, 1.82) is 0 Å². The van der Waals surface area contributed by atoms with Crippen LogP contribution >= 0.6 is 0 Å². The molecule has 1 atom stereocenters. The molecule has 1 aliphatic rings. The van der Waals surface area contributed by atoms with E-state index in [2.05, 4.69) is 39.7 Å². The number of benzene rings is 1. The van der Waals surface area contributed by atoms with Gasteiger partial charge in [-0.1, -0.05) is 26.0 Å². The van der Waals surface area contributed by atoms with Crippen LogP contribution in [-0.2, 0) is 23.7 Å². The fraction of sp³-hybridized carbons (Fsp3) is 0.571. The summed E-state index contributed by atoms with van der Waals surface area (Å²) in [5, 5.41) is 15.0. The van der Waals surface area contributed by atoms with Crippen molar-refractivity contribution < 1.29 is 9.13 Å². The fourth-order valence-electron chi connectivity index (χ4n) is 3.24. The Balaban J connectivity index is 1.67. The number of aromatic nitrogens is 3. The molecule has 1 aromatic carbocycles. The third-order valence-electron chi connectivity index (χ3n) is 5.39. The zero-order valence-corrected chi connectivity index (χ0v) is 17.7. The van der Waals surface area contributed by atoms with E-state index >= 15 is 0 Å². The first-order chi connectivity index (χ1) is 13.8. The van der Waals surface area contributed by atoms with Crippen LogP contribution in [0.2, 0.25) is 0 Å². The number of hydrogen-bond acceptors (Lipinski definition) is 4. The first-order valence-electron chi connectivity index (χ1n) is 10.1. The van der Waals surface area contributed by atoms with E-state index in [1.807, 2.05) is 24.6 Å². The van der Waals surface area contributed by atoms with Gasteiger partial charge in [-0.2, -0.15) is 0 Å². The topological polar surface area (TPSA) is 76.4 Å². The molecule has 8 heteroatoms. The van der Waals surface area contributed by atoms with Gasteiger partial charge in [0.15, 0.2) is 11.8 Å². The number of aryl methyl sites for hydroxylation is 1. The molecular formula is C21H31FN6O. The smallest absolute Gasteiger partial charge is 0.191 e. The minimum absolute atomic E-state index is 0.204. The number of ether oxygens (including phenoxy) is 1. The lowest BCUT2D eigenvalue weighted by atomic mass is 9.84. The van der Waals surface area contributed by atoms with Crippen LogP contribution in [0.1, 0.15) is 43.9 Å². The molecule has 1 aliphatic heterocycles. The average Bonchev–Trinajstić information content (AvgIpc) is 3.32. The van der Waals surface area contributed by atoms with Crippen LogP contribution in [0.4, 0.5) is 4.39 Å². The van der Waals surface area contributed by atoms with E-state index in [0.29, 0.717) is 25.6 Å². The fourth-order valence-corrected chi connectivity index (χ4v) is 3.24. The van der Waals surface area contributed by atoms with Gasteiger partial charge in [0, 0.05) is 32.2 Å². The third kappa shape index (κ3) is 5.76. The van der Waals surface area contributed by atoms with Crippen molar-refractivity contribution in [3.05, 3.63) is 47.3 Å². The minimum Gasteiger partial charge on any atom is -0.376 e. The molecule has 2 N–H and O–H groups in total. The highest BCUT2D eigenvalue weighted by molar-refractivity contribution is 5.79. The summed E-state index contributed by atoms with van der Waals surface area (Å²) in [6.07, 6.45) is 2.35. The lowest BCUT2D eigenvalue weighted by molar-refractivity contribution is 0.113. The Morgan fingerprint density at radius 3 is 2.83 bits per heavy atom. The van der Waals surface area contributed by atoms with Crippen LogP contribution in [0, 0.1) is 12.7 Å². The van der Waals surface area contributed by atoms with Crippen molar-refractivity contribution in [3.8, 4) is 0 Å². The van der Waals surface area contributed by atoms with Crippen molar-refractivity contribution in [1.82, 2.24) is 25.4 Å². The monoisotopic (exact) mass is 402 g/mol. The van der Waals surface area contributed by atoms with Crippen LogP contribution in [0.3, 0.4) is 0 Å². The number of guanidine groups is 1. The zero-order chi connectivity index (χ0) is 20.9. The van der Waals surface area contributed by atoms with Gasteiger partial charge in [-0.3, -0.25) is 0 Å². The second-order valence-corrected chi connectivity index (χ2v) is 8.15. The molecule has 1 unspecified atom stereocenters. The number of nitrogens with zero attached hydrogens (tertiary/aromatic N) is 4. The van der Waals surface area contributed by atoms with Crippen LogP contribution < -0.4 is 10.6 Å². The van der Waals surface area contributed by atoms with Crippen LogP contribution in [-0.4, -0.2) is 46.5 Å². The third-order valence-corrected chi connectivity index (χ3v) is 5.39. The number of aliphatic imine (C=N–C) groups is 1. The lowest BCUT2D eigenvalue weighted by Gasteiger charge is -2.27. The standard InChI is InChI=1S/C21H31FN6O/c1-15-26-27-19(28(15)4)13-24-20(23-12-18-9-6-10-29-18)25-14-21(2,3)16-7-5-8-17(22)11-16/h5,7-8,11,18H,6,9-10,12-14H2,1-4H3,(H2,23,24,25). The molecule has 29 heavy (non-hydrogen) atoms. The van der Waals surface area contributed by atoms with Gasteiger partial charge in [0.25, 0.3) is 0 Å². The number of rotatable bonds is 7. The molecular weight excluding hydrogens is 371 g/mol. The number of hydrogen-bond donors (Lipinski definition) is 2. The van der Waals surface area contributed by atoms with Crippen molar-refractivity contribution in [2.75, 3.05) is 19.7 Å². The van der Waals surface area contributed by atoms with Crippen molar-refractivity contribution in [3.63, 3.8) is 0 Å².